The molecule has 24 heavy (non-hydrogen) atoms. The van der Waals surface area contributed by atoms with Crippen molar-refractivity contribution in [2.24, 2.45) is 0 Å². The lowest BCUT2D eigenvalue weighted by molar-refractivity contribution is -0.123. The molecule has 0 aliphatic rings. The van der Waals surface area contributed by atoms with Gasteiger partial charge in [-0.2, -0.15) is 5.26 Å². The maximum Gasteiger partial charge on any atom is 0.319 e. The number of nitriles is 1. The number of nitrogens with zero attached hydrogens (tertiary/aromatic N) is 1. The van der Waals surface area contributed by atoms with Crippen LogP contribution in [0.15, 0.2) is 18.2 Å². The van der Waals surface area contributed by atoms with E-state index < -0.39 is 12.1 Å². The molecule has 1 rings (SSSR count). The van der Waals surface area contributed by atoms with Gasteiger partial charge in [-0.05, 0) is 52.8 Å². The quantitative estimate of drug-likeness (QED) is 0.770. The number of nitrogens with one attached hydrogen (secondary N) is 3. The third-order valence-electron chi connectivity index (χ3n) is 2.90. The van der Waals surface area contributed by atoms with Crippen LogP contribution in [0, 0.1) is 11.3 Å². The van der Waals surface area contributed by atoms with Gasteiger partial charge in [-0.15, -0.1) is 0 Å². The van der Waals surface area contributed by atoms with Gasteiger partial charge >= 0.3 is 6.03 Å². The molecule has 0 aromatic heterocycles. The van der Waals surface area contributed by atoms with Gasteiger partial charge in [0.25, 0.3) is 0 Å². The summed E-state index contributed by atoms with van der Waals surface area (Å²) in [7, 11) is 0. The molecular weight excluding hydrogens is 308 g/mol. The molecule has 7 nitrogen and oxygen atoms in total. The number of anilines is 1. The zero-order valence-corrected chi connectivity index (χ0v) is 14.7. The van der Waals surface area contributed by atoms with Gasteiger partial charge in [0.05, 0.1) is 23.9 Å². The molecule has 0 aliphatic heterocycles. The van der Waals surface area contributed by atoms with Crippen LogP contribution in [-0.4, -0.2) is 30.1 Å². The Labute approximate surface area is 142 Å². The summed E-state index contributed by atoms with van der Waals surface area (Å²) in [6, 6.07) is 5.48. The van der Waals surface area contributed by atoms with Crippen LogP contribution in [0.1, 0.15) is 40.2 Å². The smallest absolute Gasteiger partial charge is 0.319 e. The van der Waals surface area contributed by atoms with Crippen LogP contribution in [0.25, 0.3) is 0 Å². The molecule has 3 amide bonds. The highest BCUT2D eigenvalue weighted by atomic mass is 16.5. The summed E-state index contributed by atoms with van der Waals surface area (Å²) < 4.78 is 5.42. The van der Waals surface area contributed by atoms with Crippen molar-refractivity contribution in [1.82, 2.24) is 10.6 Å². The SMILES string of the molecule is CCOc1ccc(C#N)cc1NC(=O)N[C@H](C)C(=O)NC(C)(C)C. The Morgan fingerprint density at radius 2 is 2.00 bits per heavy atom. The number of ether oxygens (including phenoxy) is 1. The first-order valence-electron chi connectivity index (χ1n) is 7.72. The number of rotatable bonds is 5. The number of hydrogen-bond acceptors (Lipinski definition) is 4. The highest BCUT2D eigenvalue weighted by Gasteiger charge is 2.21. The van der Waals surface area contributed by atoms with Gasteiger partial charge in [-0.1, -0.05) is 0 Å². The highest BCUT2D eigenvalue weighted by molar-refractivity contribution is 5.94. The van der Waals surface area contributed by atoms with Crippen molar-refractivity contribution >= 4 is 17.6 Å². The molecule has 1 aromatic carbocycles. The first kappa shape index (κ1) is 19.3. The van der Waals surface area contributed by atoms with Crippen molar-refractivity contribution in [3.05, 3.63) is 23.8 Å². The molecule has 130 valence electrons. The molecule has 0 saturated heterocycles. The van der Waals surface area contributed by atoms with Gasteiger partial charge in [0.15, 0.2) is 0 Å². The monoisotopic (exact) mass is 332 g/mol. The van der Waals surface area contributed by atoms with Gasteiger partial charge in [0.1, 0.15) is 11.8 Å². The van der Waals surface area contributed by atoms with Gasteiger partial charge in [0, 0.05) is 5.54 Å². The van der Waals surface area contributed by atoms with E-state index in [1.165, 1.54) is 6.07 Å². The fourth-order valence-electron chi connectivity index (χ4n) is 1.88. The highest BCUT2D eigenvalue weighted by Crippen LogP contribution is 2.25. The minimum Gasteiger partial charge on any atom is -0.492 e. The van der Waals surface area contributed by atoms with Crippen LogP contribution in [0.4, 0.5) is 10.5 Å². The number of carbonyl (C=O) groups is 2. The van der Waals surface area contributed by atoms with Gasteiger partial charge in [-0.3, -0.25) is 4.79 Å². The average Bonchev–Trinajstić information content (AvgIpc) is 2.47. The predicted octanol–water partition coefficient (Wildman–Crippen LogP) is 2.38. The second-order valence-electron chi connectivity index (χ2n) is 6.32. The summed E-state index contributed by atoms with van der Waals surface area (Å²) in [4.78, 5) is 24.1. The molecule has 0 heterocycles. The Morgan fingerprint density at radius 1 is 1.33 bits per heavy atom. The van der Waals surface area contributed by atoms with E-state index >= 15 is 0 Å². The summed E-state index contributed by atoms with van der Waals surface area (Å²) in [6.07, 6.45) is 0. The lowest BCUT2D eigenvalue weighted by Crippen LogP contribution is -2.51. The topological polar surface area (TPSA) is 103 Å². The molecule has 3 N–H and O–H groups in total. The molecule has 0 radical (unpaired) electrons. The van der Waals surface area contributed by atoms with E-state index in [9.17, 15) is 9.59 Å². The van der Waals surface area contributed by atoms with Crippen molar-refractivity contribution in [2.45, 2.75) is 46.2 Å². The predicted molar refractivity (Wildman–Crippen MR) is 91.8 cm³/mol. The molecule has 0 fully saturated rings. The normalized spacial score (nSPS) is 11.8. The molecule has 1 aromatic rings. The summed E-state index contributed by atoms with van der Waals surface area (Å²) in [5.41, 5.74) is 0.386. The third-order valence-corrected chi connectivity index (χ3v) is 2.90. The van der Waals surface area contributed by atoms with Gasteiger partial charge in [0.2, 0.25) is 5.91 Å². The lowest BCUT2D eigenvalue weighted by atomic mass is 10.1. The third kappa shape index (κ3) is 6.16. The zero-order chi connectivity index (χ0) is 18.3. The Balaban J connectivity index is 2.77. The summed E-state index contributed by atoms with van der Waals surface area (Å²) in [5, 5.41) is 16.9. The Kier molecular flexibility index (Phi) is 6.59. The second kappa shape index (κ2) is 8.20. The largest absolute Gasteiger partial charge is 0.492 e. The van der Waals surface area contributed by atoms with Crippen LogP contribution < -0.4 is 20.7 Å². The molecule has 1 atom stereocenters. The maximum absolute atomic E-state index is 12.1. The fraction of sp³-hybridized carbons (Fsp3) is 0.471. The van der Waals surface area contributed by atoms with E-state index in [4.69, 9.17) is 10.00 Å². The minimum absolute atomic E-state index is 0.284. The number of amides is 3. The minimum atomic E-state index is -0.709. The van der Waals surface area contributed by atoms with Crippen LogP contribution in [0.2, 0.25) is 0 Å². The average molecular weight is 332 g/mol. The van der Waals surface area contributed by atoms with E-state index in [1.807, 2.05) is 33.8 Å². The summed E-state index contributed by atoms with van der Waals surface area (Å²) in [5.74, 6) is 0.173. The molecular formula is C17H24N4O3. The Hall–Kier alpha value is -2.75. The standard InChI is InChI=1S/C17H24N4O3/c1-6-24-14-8-7-12(10-18)9-13(14)20-16(23)19-11(2)15(22)21-17(3,4)5/h7-9,11H,6H2,1-5H3,(H,21,22)(H2,19,20,23)/t11-/m1/s1. The molecule has 0 bridgehead atoms. The first-order chi connectivity index (χ1) is 11.2. The molecule has 0 unspecified atom stereocenters. The summed E-state index contributed by atoms with van der Waals surface area (Å²) >= 11 is 0. The fourth-order valence-corrected chi connectivity index (χ4v) is 1.88. The molecule has 0 aliphatic carbocycles. The molecule has 0 spiro atoms. The summed E-state index contributed by atoms with van der Waals surface area (Å²) in [6.45, 7) is 9.42. The van der Waals surface area contributed by atoms with Crippen LogP contribution in [-0.2, 0) is 4.79 Å². The number of urea groups is 1. The second-order valence-corrected chi connectivity index (χ2v) is 6.32. The van der Waals surface area contributed by atoms with Gasteiger partial charge in [-0.25, -0.2) is 4.79 Å². The maximum atomic E-state index is 12.1. The van der Waals surface area contributed by atoms with Crippen LogP contribution >= 0.6 is 0 Å². The first-order valence-corrected chi connectivity index (χ1v) is 7.72. The van der Waals surface area contributed by atoms with E-state index in [2.05, 4.69) is 16.0 Å². The van der Waals surface area contributed by atoms with Crippen molar-refractivity contribution in [2.75, 3.05) is 11.9 Å². The van der Waals surface area contributed by atoms with E-state index in [-0.39, 0.29) is 11.4 Å². The Morgan fingerprint density at radius 3 is 2.54 bits per heavy atom. The van der Waals surface area contributed by atoms with Crippen molar-refractivity contribution < 1.29 is 14.3 Å². The van der Waals surface area contributed by atoms with Crippen LogP contribution in [0.3, 0.4) is 0 Å². The van der Waals surface area contributed by atoms with Crippen molar-refractivity contribution in [3.63, 3.8) is 0 Å². The molecule has 7 heteroatoms. The van der Waals surface area contributed by atoms with E-state index in [0.29, 0.717) is 23.6 Å². The van der Waals surface area contributed by atoms with Gasteiger partial charge < -0.3 is 20.7 Å². The van der Waals surface area contributed by atoms with E-state index in [1.54, 1.807) is 19.1 Å². The number of hydrogen-bond donors (Lipinski definition) is 3. The lowest BCUT2D eigenvalue weighted by Gasteiger charge is -2.23. The van der Waals surface area contributed by atoms with Crippen molar-refractivity contribution in [1.29, 1.82) is 5.26 Å². The Bertz CT molecular complexity index is 644. The van der Waals surface area contributed by atoms with E-state index in [0.717, 1.165) is 0 Å². The number of benzene rings is 1. The number of carbonyl (C=O) groups excluding carboxylic acids is 2. The zero-order valence-electron chi connectivity index (χ0n) is 14.7. The molecule has 0 saturated carbocycles. The van der Waals surface area contributed by atoms with Crippen molar-refractivity contribution in [3.8, 4) is 11.8 Å². The van der Waals surface area contributed by atoms with Crippen LogP contribution in [0.5, 0.6) is 5.75 Å².